The van der Waals surface area contributed by atoms with Crippen LogP contribution in [0, 0.1) is 0 Å². The molecule has 3 N–H and O–H groups in total. The van der Waals surface area contributed by atoms with Crippen molar-refractivity contribution in [1.29, 1.82) is 0 Å². The Morgan fingerprint density at radius 1 is 1.33 bits per heavy atom. The number of primary amides is 1. The van der Waals surface area contributed by atoms with Crippen LogP contribution in [0.3, 0.4) is 0 Å². The number of anilines is 1. The van der Waals surface area contributed by atoms with E-state index in [0.717, 1.165) is 5.69 Å². The number of carbonyl (C=O) groups excluding carboxylic acids is 2. The minimum absolute atomic E-state index is 0.0359. The molecule has 0 saturated carbocycles. The SMILES string of the molecule is CC(=O)Nc1ccccc1.NC(=O)CCl. The Hall–Kier alpha value is -1.55. The number of hydrogen-bond donors (Lipinski definition) is 2. The van der Waals surface area contributed by atoms with Crippen molar-refractivity contribution in [1.82, 2.24) is 0 Å². The van der Waals surface area contributed by atoms with E-state index in [1.54, 1.807) is 0 Å². The van der Waals surface area contributed by atoms with E-state index in [-0.39, 0.29) is 11.8 Å². The van der Waals surface area contributed by atoms with Crippen LogP contribution in [0.25, 0.3) is 0 Å². The molecule has 0 atom stereocenters. The van der Waals surface area contributed by atoms with Crippen molar-refractivity contribution in [3.05, 3.63) is 30.3 Å². The molecule has 0 heterocycles. The average Bonchev–Trinajstić information content (AvgIpc) is 2.19. The van der Waals surface area contributed by atoms with E-state index in [4.69, 9.17) is 11.6 Å². The van der Waals surface area contributed by atoms with Crippen LogP contribution in [0.1, 0.15) is 6.92 Å². The van der Waals surface area contributed by atoms with E-state index in [1.165, 1.54) is 6.92 Å². The molecule has 0 fully saturated rings. The molecule has 0 aliphatic heterocycles. The maximum Gasteiger partial charge on any atom is 0.232 e. The Morgan fingerprint density at radius 2 is 1.80 bits per heavy atom. The maximum absolute atomic E-state index is 10.5. The van der Waals surface area contributed by atoms with Crippen LogP contribution in [0.4, 0.5) is 5.69 Å². The van der Waals surface area contributed by atoms with Crippen LogP contribution >= 0.6 is 11.6 Å². The monoisotopic (exact) mass is 228 g/mol. The number of hydrogen-bond acceptors (Lipinski definition) is 2. The Balaban J connectivity index is 0.000000336. The fourth-order valence-electron chi connectivity index (χ4n) is 0.725. The summed E-state index contributed by atoms with van der Waals surface area (Å²) in [5, 5.41) is 2.67. The lowest BCUT2D eigenvalue weighted by Gasteiger charge is -1.98. The highest BCUT2D eigenvalue weighted by atomic mass is 35.5. The van der Waals surface area contributed by atoms with E-state index in [0.29, 0.717) is 0 Å². The van der Waals surface area contributed by atoms with E-state index in [2.05, 4.69) is 11.1 Å². The third-order valence-electron chi connectivity index (χ3n) is 1.23. The van der Waals surface area contributed by atoms with Gasteiger partial charge in [0.2, 0.25) is 11.8 Å². The van der Waals surface area contributed by atoms with Crippen molar-refractivity contribution in [3.63, 3.8) is 0 Å². The van der Waals surface area contributed by atoms with Crippen molar-refractivity contribution in [2.45, 2.75) is 6.92 Å². The van der Waals surface area contributed by atoms with Gasteiger partial charge in [0.1, 0.15) is 5.88 Å². The van der Waals surface area contributed by atoms with Crippen molar-refractivity contribution in [2.75, 3.05) is 11.2 Å². The molecule has 1 aromatic rings. The Kier molecular flexibility index (Phi) is 7.01. The molecule has 82 valence electrons. The van der Waals surface area contributed by atoms with Gasteiger partial charge in [0.25, 0.3) is 0 Å². The number of benzene rings is 1. The van der Waals surface area contributed by atoms with Crippen molar-refractivity contribution in [2.24, 2.45) is 5.73 Å². The molecule has 5 heteroatoms. The summed E-state index contributed by atoms with van der Waals surface area (Å²) >= 11 is 4.86. The highest BCUT2D eigenvalue weighted by Gasteiger charge is 1.90. The van der Waals surface area contributed by atoms with Gasteiger partial charge >= 0.3 is 0 Å². The molecule has 0 radical (unpaired) electrons. The molecule has 4 nitrogen and oxygen atoms in total. The normalized spacial score (nSPS) is 8.40. The first-order chi connectivity index (χ1) is 7.06. The van der Waals surface area contributed by atoms with Gasteiger partial charge in [-0.25, -0.2) is 0 Å². The van der Waals surface area contributed by atoms with Crippen LogP contribution in [-0.2, 0) is 9.59 Å². The second-order valence-corrected chi connectivity index (χ2v) is 2.91. The number of rotatable bonds is 2. The van der Waals surface area contributed by atoms with Gasteiger partial charge in [-0.3, -0.25) is 9.59 Å². The third kappa shape index (κ3) is 8.77. The molecule has 0 spiro atoms. The maximum atomic E-state index is 10.5. The molecular formula is C10H13ClN2O2. The lowest BCUT2D eigenvalue weighted by atomic mass is 10.3. The summed E-state index contributed by atoms with van der Waals surface area (Å²) in [5.41, 5.74) is 5.36. The zero-order valence-electron chi connectivity index (χ0n) is 8.37. The fraction of sp³-hybridized carbons (Fsp3) is 0.200. The molecule has 0 aliphatic rings. The first-order valence-electron chi connectivity index (χ1n) is 4.23. The lowest BCUT2D eigenvalue weighted by Crippen LogP contribution is -2.10. The smallest absolute Gasteiger partial charge is 0.232 e. The molecule has 0 aromatic heterocycles. The van der Waals surface area contributed by atoms with Gasteiger partial charge in [-0.15, -0.1) is 11.6 Å². The molecule has 2 amide bonds. The minimum atomic E-state index is -0.480. The minimum Gasteiger partial charge on any atom is -0.369 e. The highest BCUT2D eigenvalue weighted by molar-refractivity contribution is 6.27. The Bertz CT molecular complexity index is 314. The molecule has 1 rings (SSSR count). The number of para-hydroxylation sites is 1. The number of amides is 2. The largest absolute Gasteiger partial charge is 0.369 e. The van der Waals surface area contributed by atoms with Gasteiger partial charge in [0.15, 0.2) is 0 Å². The van der Waals surface area contributed by atoms with E-state index < -0.39 is 5.91 Å². The van der Waals surface area contributed by atoms with Gasteiger partial charge in [-0.2, -0.15) is 0 Å². The summed E-state index contributed by atoms with van der Waals surface area (Å²) in [6.45, 7) is 1.49. The van der Waals surface area contributed by atoms with E-state index in [1.807, 2.05) is 30.3 Å². The summed E-state index contributed by atoms with van der Waals surface area (Å²) in [4.78, 5) is 20.0. The summed E-state index contributed by atoms with van der Waals surface area (Å²) in [7, 11) is 0. The molecule has 0 aliphatic carbocycles. The van der Waals surface area contributed by atoms with Crippen molar-refractivity contribution < 1.29 is 9.59 Å². The lowest BCUT2D eigenvalue weighted by molar-refractivity contribution is -0.116. The summed E-state index contributed by atoms with van der Waals surface area (Å²) < 4.78 is 0. The van der Waals surface area contributed by atoms with Crippen LogP contribution < -0.4 is 11.1 Å². The van der Waals surface area contributed by atoms with Crippen LogP contribution in [0.15, 0.2) is 30.3 Å². The number of nitrogens with two attached hydrogens (primary N) is 1. The first-order valence-corrected chi connectivity index (χ1v) is 4.76. The van der Waals surface area contributed by atoms with Gasteiger partial charge < -0.3 is 11.1 Å². The fourth-order valence-corrected chi connectivity index (χ4v) is 0.725. The molecule has 0 bridgehead atoms. The molecule has 15 heavy (non-hydrogen) atoms. The Morgan fingerprint density at radius 3 is 2.13 bits per heavy atom. The first kappa shape index (κ1) is 13.4. The zero-order valence-corrected chi connectivity index (χ0v) is 9.12. The van der Waals surface area contributed by atoms with Gasteiger partial charge in [-0.1, -0.05) is 18.2 Å². The Labute approximate surface area is 93.4 Å². The summed E-state index contributed by atoms with van der Waals surface area (Å²) in [6.07, 6.45) is 0. The average molecular weight is 229 g/mol. The number of halogens is 1. The van der Waals surface area contributed by atoms with Gasteiger partial charge in [0, 0.05) is 12.6 Å². The molecule has 0 saturated heterocycles. The molecule has 0 unspecified atom stereocenters. The van der Waals surface area contributed by atoms with Crippen LogP contribution in [0.2, 0.25) is 0 Å². The molecule has 1 aromatic carbocycles. The number of alkyl halides is 1. The third-order valence-corrected chi connectivity index (χ3v) is 1.49. The highest BCUT2D eigenvalue weighted by Crippen LogP contribution is 2.03. The van der Waals surface area contributed by atoms with Crippen LogP contribution in [-0.4, -0.2) is 17.7 Å². The quantitative estimate of drug-likeness (QED) is 0.751. The topological polar surface area (TPSA) is 72.2 Å². The predicted molar refractivity (Wildman–Crippen MR) is 60.7 cm³/mol. The number of carbonyl (C=O) groups is 2. The predicted octanol–water partition coefficient (Wildman–Crippen LogP) is 1.36. The summed E-state index contributed by atoms with van der Waals surface area (Å²) in [6, 6.07) is 9.37. The van der Waals surface area contributed by atoms with Gasteiger partial charge in [-0.05, 0) is 12.1 Å². The zero-order chi connectivity index (χ0) is 11.7. The standard InChI is InChI=1S/C8H9NO.C2H4ClNO/c1-7(10)9-8-5-3-2-4-6-8;3-1-2(4)5/h2-6H,1H3,(H,9,10);1H2,(H2,4,5). The second-order valence-electron chi connectivity index (χ2n) is 2.65. The van der Waals surface area contributed by atoms with E-state index >= 15 is 0 Å². The van der Waals surface area contributed by atoms with Crippen molar-refractivity contribution >= 4 is 29.1 Å². The summed E-state index contributed by atoms with van der Waals surface area (Å²) in [5.74, 6) is -0.599. The number of nitrogens with one attached hydrogen (secondary N) is 1. The molecular weight excluding hydrogens is 216 g/mol. The van der Waals surface area contributed by atoms with Crippen LogP contribution in [0.5, 0.6) is 0 Å². The van der Waals surface area contributed by atoms with Gasteiger partial charge in [0.05, 0.1) is 0 Å². The second kappa shape index (κ2) is 7.82. The van der Waals surface area contributed by atoms with Crippen molar-refractivity contribution in [3.8, 4) is 0 Å². The van der Waals surface area contributed by atoms with E-state index in [9.17, 15) is 9.59 Å².